The summed E-state index contributed by atoms with van der Waals surface area (Å²) in [4.78, 5) is 0. The molecule has 0 saturated heterocycles. The summed E-state index contributed by atoms with van der Waals surface area (Å²) >= 11 is 5.48. The standard InChI is InChI=1S/C5H7ClO/c6-3-5-1-2-7-4-5/h1-2,5H,3-4H2. The van der Waals surface area contributed by atoms with Crippen molar-refractivity contribution >= 4 is 11.6 Å². The summed E-state index contributed by atoms with van der Waals surface area (Å²) in [5, 5.41) is 0. The third kappa shape index (κ3) is 1.10. The van der Waals surface area contributed by atoms with Gasteiger partial charge in [-0.05, 0) is 6.08 Å². The Morgan fingerprint density at radius 3 is 3.00 bits per heavy atom. The van der Waals surface area contributed by atoms with Crippen LogP contribution in [0.25, 0.3) is 0 Å². The molecule has 40 valence electrons. The van der Waals surface area contributed by atoms with E-state index in [1.165, 1.54) is 0 Å². The SMILES string of the molecule is ClCC1C=COC1. The van der Waals surface area contributed by atoms with Crippen molar-refractivity contribution in [1.82, 2.24) is 0 Å². The molecule has 0 bridgehead atoms. The van der Waals surface area contributed by atoms with Crippen LogP contribution in [0.3, 0.4) is 0 Å². The molecule has 1 nitrogen and oxygen atoms in total. The van der Waals surface area contributed by atoms with Gasteiger partial charge in [0.1, 0.15) is 0 Å². The molecule has 0 radical (unpaired) electrons. The minimum absolute atomic E-state index is 0.460. The predicted molar refractivity (Wildman–Crippen MR) is 29.3 cm³/mol. The maximum absolute atomic E-state index is 5.48. The van der Waals surface area contributed by atoms with Gasteiger partial charge in [0, 0.05) is 11.8 Å². The fraction of sp³-hybridized carbons (Fsp3) is 0.600. The van der Waals surface area contributed by atoms with Gasteiger partial charge in [-0.25, -0.2) is 0 Å². The largest absolute Gasteiger partial charge is 0.501 e. The average molecular weight is 119 g/mol. The molecular formula is C5H7ClO. The fourth-order valence-electron chi connectivity index (χ4n) is 0.497. The van der Waals surface area contributed by atoms with Gasteiger partial charge in [0.25, 0.3) is 0 Å². The molecule has 1 unspecified atom stereocenters. The molecule has 0 aromatic rings. The van der Waals surface area contributed by atoms with E-state index in [1.54, 1.807) is 6.26 Å². The van der Waals surface area contributed by atoms with Crippen LogP contribution in [-0.4, -0.2) is 12.5 Å². The molecule has 0 saturated carbocycles. The molecule has 2 heteroatoms. The summed E-state index contributed by atoms with van der Waals surface area (Å²) in [6, 6.07) is 0. The number of hydrogen-bond acceptors (Lipinski definition) is 1. The third-order valence-electron chi connectivity index (χ3n) is 0.955. The maximum atomic E-state index is 5.48. The highest BCUT2D eigenvalue weighted by Gasteiger charge is 2.06. The van der Waals surface area contributed by atoms with Gasteiger partial charge in [-0.3, -0.25) is 0 Å². The zero-order valence-corrected chi connectivity index (χ0v) is 4.69. The summed E-state index contributed by atoms with van der Waals surface area (Å²) in [6.07, 6.45) is 3.68. The smallest absolute Gasteiger partial charge is 0.0948 e. The molecule has 0 spiro atoms. The monoisotopic (exact) mass is 118 g/mol. The Bertz CT molecular complexity index is 80.1. The number of hydrogen-bond donors (Lipinski definition) is 0. The molecule has 0 amide bonds. The molecule has 7 heavy (non-hydrogen) atoms. The van der Waals surface area contributed by atoms with Gasteiger partial charge in [-0.2, -0.15) is 0 Å². The molecule has 1 aliphatic rings. The van der Waals surface area contributed by atoms with Crippen molar-refractivity contribution in [2.45, 2.75) is 0 Å². The molecule has 1 heterocycles. The minimum Gasteiger partial charge on any atom is -0.501 e. The summed E-state index contributed by atoms with van der Waals surface area (Å²) in [7, 11) is 0. The summed E-state index contributed by atoms with van der Waals surface area (Å²) in [6.45, 7) is 0.767. The van der Waals surface area contributed by atoms with Crippen LogP contribution < -0.4 is 0 Å². The Hall–Kier alpha value is -0.170. The van der Waals surface area contributed by atoms with Crippen molar-refractivity contribution in [3.63, 3.8) is 0 Å². The zero-order valence-electron chi connectivity index (χ0n) is 3.93. The molecule has 1 aliphatic heterocycles. The molecule has 1 atom stereocenters. The third-order valence-corrected chi connectivity index (χ3v) is 1.35. The molecule has 1 rings (SSSR count). The van der Waals surface area contributed by atoms with Gasteiger partial charge >= 0.3 is 0 Å². The van der Waals surface area contributed by atoms with Crippen LogP contribution in [0.4, 0.5) is 0 Å². The van der Waals surface area contributed by atoms with Crippen molar-refractivity contribution in [3.8, 4) is 0 Å². The molecule has 0 fully saturated rings. The van der Waals surface area contributed by atoms with Crippen LogP contribution in [0.2, 0.25) is 0 Å². The Balaban J connectivity index is 2.28. The van der Waals surface area contributed by atoms with Crippen LogP contribution >= 0.6 is 11.6 Å². The van der Waals surface area contributed by atoms with Crippen molar-refractivity contribution in [1.29, 1.82) is 0 Å². The second-order valence-electron chi connectivity index (χ2n) is 1.58. The Morgan fingerprint density at radius 2 is 2.71 bits per heavy atom. The van der Waals surface area contributed by atoms with Crippen molar-refractivity contribution < 1.29 is 4.74 Å². The summed E-state index contributed by atoms with van der Waals surface area (Å²) < 4.78 is 4.88. The first-order valence-electron chi connectivity index (χ1n) is 2.27. The second kappa shape index (κ2) is 2.22. The lowest BCUT2D eigenvalue weighted by Crippen LogP contribution is -1.98. The van der Waals surface area contributed by atoms with E-state index in [1.807, 2.05) is 6.08 Å². The van der Waals surface area contributed by atoms with Gasteiger partial charge in [-0.15, -0.1) is 11.6 Å². The highest BCUT2D eigenvalue weighted by molar-refractivity contribution is 6.18. The van der Waals surface area contributed by atoms with Gasteiger partial charge in [0.15, 0.2) is 0 Å². The van der Waals surface area contributed by atoms with Gasteiger partial charge in [0.2, 0.25) is 0 Å². The molecule has 0 aliphatic carbocycles. The van der Waals surface area contributed by atoms with E-state index >= 15 is 0 Å². The number of ether oxygens (including phenoxy) is 1. The number of rotatable bonds is 1. The van der Waals surface area contributed by atoms with Crippen LogP contribution in [0.5, 0.6) is 0 Å². The maximum Gasteiger partial charge on any atom is 0.0948 e. The van der Waals surface area contributed by atoms with Crippen LogP contribution in [0, 0.1) is 5.92 Å². The van der Waals surface area contributed by atoms with Gasteiger partial charge < -0.3 is 4.74 Å². The molecule has 0 aromatic carbocycles. The Labute approximate surface area is 47.9 Å². The Morgan fingerprint density at radius 1 is 1.86 bits per heavy atom. The van der Waals surface area contributed by atoms with E-state index in [0.717, 1.165) is 6.61 Å². The first-order valence-corrected chi connectivity index (χ1v) is 2.81. The van der Waals surface area contributed by atoms with E-state index in [0.29, 0.717) is 11.8 Å². The number of halogens is 1. The topological polar surface area (TPSA) is 9.23 Å². The van der Waals surface area contributed by atoms with Crippen LogP contribution in [0.1, 0.15) is 0 Å². The van der Waals surface area contributed by atoms with Crippen molar-refractivity contribution in [3.05, 3.63) is 12.3 Å². The average Bonchev–Trinajstić information content (AvgIpc) is 2.14. The van der Waals surface area contributed by atoms with Crippen molar-refractivity contribution in [2.75, 3.05) is 12.5 Å². The van der Waals surface area contributed by atoms with E-state index in [-0.39, 0.29) is 0 Å². The second-order valence-corrected chi connectivity index (χ2v) is 1.88. The minimum atomic E-state index is 0.460. The van der Waals surface area contributed by atoms with E-state index in [9.17, 15) is 0 Å². The van der Waals surface area contributed by atoms with Gasteiger partial charge in [0.05, 0.1) is 12.9 Å². The van der Waals surface area contributed by atoms with E-state index in [4.69, 9.17) is 16.3 Å². The highest BCUT2D eigenvalue weighted by atomic mass is 35.5. The first-order chi connectivity index (χ1) is 3.43. The normalized spacial score (nSPS) is 27.9. The zero-order chi connectivity index (χ0) is 5.11. The molecule has 0 N–H and O–H groups in total. The highest BCUT2D eigenvalue weighted by Crippen LogP contribution is 2.08. The molecular weight excluding hydrogens is 112 g/mol. The lowest BCUT2D eigenvalue weighted by Gasteiger charge is -1.95. The lowest BCUT2D eigenvalue weighted by atomic mass is 10.2. The lowest BCUT2D eigenvalue weighted by molar-refractivity contribution is 0.256. The van der Waals surface area contributed by atoms with E-state index < -0.39 is 0 Å². The quantitative estimate of drug-likeness (QED) is 0.473. The summed E-state index contributed by atoms with van der Waals surface area (Å²) in [5.74, 6) is 1.14. The Kier molecular flexibility index (Phi) is 1.58. The van der Waals surface area contributed by atoms with Crippen molar-refractivity contribution in [2.24, 2.45) is 5.92 Å². The van der Waals surface area contributed by atoms with Crippen LogP contribution in [-0.2, 0) is 4.74 Å². The first kappa shape index (κ1) is 4.98. The fourth-order valence-corrected chi connectivity index (χ4v) is 0.689. The van der Waals surface area contributed by atoms with Crippen LogP contribution in [0.15, 0.2) is 12.3 Å². The van der Waals surface area contributed by atoms with E-state index in [2.05, 4.69) is 0 Å². The predicted octanol–water partition coefficient (Wildman–Crippen LogP) is 1.39. The summed E-state index contributed by atoms with van der Waals surface area (Å²) in [5.41, 5.74) is 0. The molecule has 0 aromatic heterocycles. The van der Waals surface area contributed by atoms with Gasteiger partial charge in [-0.1, -0.05) is 0 Å². The number of alkyl halides is 1.